The number of aliphatic carboxylic acids is 1. The Morgan fingerprint density at radius 1 is 1.43 bits per heavy atom. The molecule has 0 aliphatic carbocycles. The molecule has 0 saturated carbocycles. The maximum absolute atomic E-state index is 10.8. The molecule has 0 saturated heterocycles. The van der Waals surface area contributed by atoms with Crippen molar-refractivity contribution < 1.29 is 20.1 Å². The van der Waals surface area contributed by atoms with Gasteiger partial charge in [-0.15, -0.1) is 0 Å². The molecular formula is C8H9NO5. The summed E-state index contributed by atoms with van der Waals surface area (Å²) in [6.45, 7) is 0. The predicted molar refractivity (Wildman–Crippen MR) is 45.7 cm³/mol. The maximum atomic E-state index is 10.8. The van der Waals surface area contributed by atoms with Crippen LogP contribution < -0.4 is 5.56 Å². The second kappa shape index (κ2) is 4.03. The highest BCUT2D eigenvalue weighted by molar-refractivity contribution is 5.73. The minimum absolute atomic E-state index is 0.0589. The lowest BCUT2D eigenvalue weighted by Crippen LogP contribution is -2.28. The third-order valence-corrected chi connectivity index (χ3v) is 1.69. The molecule has 0 fully saturated rings. The van der Waals surface area contributed by atoms with Gasteiger partial charge >= 0.3 is 5.97 Å². The number of rotatable bonds is 3. The molecule has 1 heterocycles. The number of H-pyrrole nitrogens is 1. The van der Waals surface area contributed by atoms with Crippen molar-refractivity contribution in [1.29, 1.82) is 0 Å². The summed E-state index contributed by atoms with van der Waals surface area (Å²) in [5, 5.41) is 26.7. The molecule has 14 heavy (non-hydrogen) atoms. The average molecular weight is 199 g/mol. The van der Waals surface area contributed by atoms with Gasteiger partial charge in [0, 0.05) is 12.3 Å². The zero-order valence-electron chi connectivity index (χ0n) is 7.04. The topological polar surface area (TPSA) is 111 Å². The molecule has 0 radical (unpaired) electrons. The molecule has 2 unspecified atom stereocenters. The number of hydrogen-bond acceptors (Lipinski definition) is 4. The third-order valence-electron chi connectivity index (χ3n) is 1.69. The Labute approximate surface area is 78.5 Å². The number of pyridine rings is 1. The monoisotopic (exact) mass is 199 g/mol. The number of carboxylic acids is 1. The molecule has 76 valence electrons. The minimum atomic E-state index is -1.93. The summed E-state index contributed by atoms with van der Waals surface area (Å²) >= 11 is 0. The fraction of sp³-hybridized carbons (Fsp3) is 0.250. The van der Waals surface area contributed by atoms with E-state index in [1.807, 2.05) is 0 Å². The third kappa shape index (κ3) is 2.18. The van der Waals surface area contributed by atoms with Crippen LogP contribution in [0.2, 0.25) is 0 Å². The van der Waals surface area contributed by atoms with Crippen LogP contribution in [0.3, 0.4) is 0 Å². The van der Waals surface area contributed by atoms with Crippen molar-refractivity contribution in [2.24, 2.45) is 0 Å². The molecular weight excluding hydrogens is 190 g/mol. The van der Waals surface area contributed by atoms with Gasteiger partial charge in [0.2, 0.25) is 5.56 Å². The summed E-state index contributed by atoms with van der Waals surface area (Å²) in [7, 11) is 0. The molecule has 0 amide bonds. The first kappa shape index (κ1) is 10.4. The van der Waals surface area contributed by atoms with Crippen LogP contribution in [-0.4, -0.2) is 32.4 Å². The van der Waals surface area contributed by atoms with Crippen LogP contribution in [0.1, 0.15) is 11.7 Å². The number of aliphatic hydroxyl groups excluding tert-OH is 2. The Balaban J connectivity index is 2.94. The Hall–Kier alpha value is -1.66. The Bertz CT molecular complexity index is 385. The number of aromatic nitrogens is 1. The van der Waals surface area contributed by atoms with E-state index in [1.165, 1.54) is 12.3 Å². The van der Waals surface area contributed by atoms with Gasteiger partial charge in [-0.1, -0.05) is 0 Å². The van der Waals surface area contributed by atoms with Crippen molar-refractivity contribution in [1.82, 2.24) is 4.98 Å². The summed E-state index contributed by atoms with van der Waals surface area (Å²) in [5.41, 5.74) is -0.414. The van der Waals surface area contributed by atoms with Crippen molar-refractivity contribution in [3.63, 3.8) is 0 Å². The van der Waals surface area contributed by atoms with Gasteiger partial charge in [-0.05, 0) is 11.6 Å². The van der Waals surface area contributed by atoms with Crippen LogP contribution in [0, 0.1) is 0 Å². The van der Waals surface area contributed by atoms with Gasteiger partial charge in [0.15, 0.2) is 6.10 Å². The van der Waals surface area contributed by atoms with Gasteiger partial charge in [0.05, 0.1) is 0 Å². The maximum Gasteiger partial charge on any atom is 0.335 e. The number of aromatic amines is 1. The number of aliphatic hydroxyl groups is 2. The SMILES string of the molecule is O=C(O)C(O)C(O)c1cc[nH]c(=O)c1. The zero-order valence-corrected chi connectivity index (χ0v) is 7.04. The predicted octanol–water partition coefficient (Wildman–Crippen LogP) is -1.15. The normalized spacial score (nSPS) is 14.7. The van der Waals surface area contributed by atoms with E-state index in [0.717, 1.165) is 6.07 Å². The molecule has 6 heteroatoms. The fourth-order valence-electron chi connectivity index (χ4n) is 0.962. The molecule has 0 bridgehead atoms. The van der Waals surface area contributed by atoms with E-state index >= 15 is 0 Å². The highest BCUT2D eigenvalue weighted by Crippen LogP contribution is 2.14. The lowest BCUT2D eigenvalue weighted by Gasteiger charge is -2.13. The van der Waals surface area contributed by atoms with Crippen molar-refractivity contribution in [3.8, 4) is 0 Å². The van der Waals surface area contributed by atoms with E-state index in [9.17, 15) is 14.7 Å². The molecule has 2 atom stereocenters. The fourth-order valence-corrected chi connectivity index (χ4v) is 0.962. The molecule has 0 spiro atoms. The molecule has 1 aromatic rings. The summed E-state index contributed by atoms with van der Waals surface area (Å²) in [6.07, 6.45) is -2.28. The van der Waals surface area contributed by atoms with Gasteiger partial charge in [0.1, 0.15) is 6.10 Å². The Morgan fingerprint density at radius 3 is 2.57 bits per heavy atom. The van der Waals surface area contributed by atoms with E-state index in [-0.39, 0.29) is 5.56 Å². The highest BCUT2D eigenvalue weighted by Gasteiger charge is 2.24. The number of carboxylic acid groups (broad SMARTS) is 1. The van der Waals surface area contributed by atoms with Gasteiger partial charge in [-0.25, -0.2) is 4.79 Å². The first-order valence-electron chi connectivity index (χ1n) is 3.80. The summed E-state index contributed by atoms with van der Waals surface area (Å²) in [5.74, 6) is -1.54. The summed E-state index contributed by atoms with van der Waals surface area (Å²) in [4.78, 5) is 23.4. The van der Waals surface area contributed by atoms with Crippen LogP contribution in [-0.2, 0) is 4.79 Å². The summed E-state index contributed by atoms with van der Waals surface area (Å²) < 4.78 is 0. The van der Waals surface area contributed by atoms with E-state index < -0.39 is 23.7 Å². The standard InChI is InChI=1S/C8H9NO5/c10-5-3-4(1-2-9-5)6(11)7(12)8(13)14/h1-3,6-7,11-12H,(H,9,10)(H,13,14). The lowest BCUT2D eigenvalue weighted by atomic mass is 10.1. The number of carbonyl (C=O) groups is 1. The second-order valence-electron chi connectivity index (χ2n) is 2.71. The minimum Gasteiger partial charge on any atom is -0.479 e. The molecule has 0 aliphatic heterocycles. The van der Waals surface area contributed by atoms with E-state index in [0.29, 0.717) is 0 Å². The lowest BCUT2D eigenvalue weighted by molar-refractivity contribution is -0.153. The summed E-state index contributed by atoms with van der Waals surface area (Å²) in [6, 6.07) is 2.34. The van der Waals surface area contributed by atoms with Crippen LogP contribution >= 0.6 is 0 Å². The van der Waals surface area contributed by atoms with Crippen LogP contribution in [0.4, 0.5) is 0 Å². The van der Waals surface area contributed by atoms with Crippen molar-refractivity contribution >= 4 is 5.97 Å². The van der Waals surface area contributed by atoms with E-state index in [2.05, 4.69) is 4.98 Å². The molecule has 0 aliphatic rings. The first-order chi connectivity index (χ1) is 6.52. The van der Waals surface area contributed by atoms with Crippen molar-refractivity contribution in [2.75, 3.05) is 0 Å². The van der Waals surface area contributed by atoms with E-state index in [1.54, 1.807) is 0 Å². The van der Waals surface area contributed by atoms with Crippen molar-refractivity contribution in [2.45, 2.75) is 12.2 Å². The largest absolute Gasteiger partial charge is 0.479 e. The number of nitrogens with one attached hydrogen (secondary N) is 1. The van der Waals surface area contributed by atoms with E-state index in [4.69, 9.17) is 10.2 Å². The molecule has 0 aromatic carbocycles. The smallest absolute Gasteiger partial charge is 0.335 e. The van der Waals surface area contributed by atoms with Gasteiger partial charge in [-0.2, -0.15) is 0 Å². The molecule has 1 aromatic heterocycles. The zero-order chi connectivity index (χ0) is 10.7. The van der Waals surface area contributed by atoms with Crippen LogP contribution in [0.25, 0.3) is 0 Å². The van der Waals surface area contributed by atoms with Crippen molar-refractivity contribution in [3.05, 3.63) is 34.2 Å². The molecule has 1 rings (SSSR count). The first-order valence-corrected chi connectivity index (χ1v) is 3.80. The van der Waals surface area contributed by atoms with Crippen LogP contribution in [0.15, 0.2) is 23.1 Å². The molecule has 4 N–H and O–H groups in total. The quantitative estimate of drug-likeness (QED) is 0.491. The Morgan fingerprint density at radius 2 is 2.07 bits per heavy atom. The number of hydrogen-bond donors (Lipinski definition) is 4. The molecule has 6 nitrogen and oxygen atoms in total. The Kier molecular flexibility index (Phi) is 3.00. The van der Waals surface area contributed by atoms with Gasteiger partial charge in [0.25, 0.3) is 0 Å². The van der Waals surface area contributed by atoms with Gasteiger partial charge in [-0.3, -0.25) is 4.79 Å². The average Bonchev–Trinajstić information content (AvgIpc) is 2.15. The van der Waals surface area contributed by atoms with Gasteiger partial charge < -0.3 is 20.3 Å². The van der Waals surface area contributed by atoms with Crippen LogP contribution in [0.5, 0.6) is 0 Å². The second-order valence-corrected chi connectivity index (χ2v) is 2.71. The highest BCUT2D eigenvalue weighted by atomic mass is 16.4.